The van der Waals surface area contributed by atoms with E-state index in [0.717, 1.165) is 37.7 Å². The van der Waals surface area contributed by atoms with Gasteiger partial charge in [-0.2, -0.15) is 0 Å². The average molecular weight is 379 g/mol. The van der Waals surface area contributed by atoms with Gasteiger partial charge in [-0.25, -0.2) is 14.2 Å². The van der Waals surface area contributed by atoms with Crippen LogP contribution in [0.1, 0.15) is 43.6 Å². The van der Waals surface area contributed by atoms with E-state index in [2.05, 4.69) is 15.6 Å². The third kappa shape index (κ3) is 2.48. The van der Waals surface area contributed by atoms with Gasteiger partial charge < -0.3 is 15.1 Å². The second kappa shape index (κ2) is 5.82. The van der Waals surface area contributed by atoms with E-state index >= 15 is 0 Å². The van der Waals surface area contributed by atoms with Crippen molar-refractivity contribution in [2.75, 3.05) is 18.4 Å². The monoisotopic (exact) mass is 378 g/mol. The van der Waals surface area contributed by atoms with Gasteiger partial charge in [0, 0.05) is 18.7 Å². The minimum Gasteiger partial charge on any atom is -0.439 e. The van der Waals surface area contributed by atoms with Crippen LogP contribution in [-0.4, -0.2) is 35.2 Å². The Labute approximate surface area is 155 Å². The topological polar surface area (TPSA) is 70.4 Å². The molecular weight excluding hydrogens is 359 g/mol. The Bertz CT molecular complexity index is 887. The van der Waals surface area contributed by atoms with E-state index in [0.29, 0.717) is 47.3 Å². The molecule has 5 rings (SSSR count). The molecule has 138 valence electrons. The van der Waals surface area contributed by atoms with Gasteiger partial charge in [-0.15, -0.1) is 0 Å². The van der Waals surface area contributed by atoms with E-state index in [-0.39, 0.29) is 6.03 Å². The van der Waals surface area contributed by atoms with Crippen molar-refractivity contribution in [2.24, 2.45) is 0 Å². The number of alkyl halides is 1. The molecule has 6 nitrogen and oxygen atoms in total. The Hall–Kier alpha value is -1.86. The fourth-order valence-electron chi connectivity index (χ4n) is 4.51. The van der Waals surface area contributed by atoms with Gasteiger partial charge >= 0.3 is 6.03 Å². The Morgan fingerprint density at radius 1 is 1.35 bits per heavy atom. The van der Waals surface area contributed by atoms with Crippen LogP contribution in [0.4, 0.5) is 14.9 Å². The number of urea groups is 1. The zero-order valence-electron chi connectivity index (χ0n) is 14.3. The summed E-state index contributed by atoms with van der Waals surface area (Å²) in [7, 11) is 0. The predicted molar refractivity (Wildman–Crippen MR) is 96.1 cm³/mol. The Kier molecular flexibility index (Phi) is 3.66. The van der Waals surface area contributed by atoms with E-state index in [1.165, 1.54) is 0 Å². The van der Waals surface area contributed by atoms with Crippen molar-refractivity contribution < 1.29 is 13.6 Å². The van der Waals surface area contributed by atoms with Gasteiger partial charge in [0.15, 0.2) is 5.58 Å². The lowest BCUT2D eigenvalue weighted by Gasteiger charge is -2.42. The number of rotatable bonds is 2. The zero-order chi connectivity index (χ0) is 17.9. The van der Waals surface area contributed by atoms with Crippen molar-refractivity contribution >= 4 is 34.4 Å². The average Bonchev–Trinajstić information content (AvgIpc) is 2.96. The number of aromatic nitrogens is 1. The Morgan fingerprint density at radius 3 is 2.85 bits per heavy atom. The third-order valence-electron chi connectivity index (χ3n) is 5.73. The van der Waals surface area contributed by atoms with Crippen LogP contribution in [0.25, 0.3) is 11.1 Å². The molecule has 0 radical (unpaired) electrons. The van der Waals surface area contributed by atoms with Crippen molar-refractivity contribution in [3.63, 3.8) is 0 Å². The molecular formula is C18H20ClFN4O2. The van der Waals surface area contributed by atoms with Crippen LogP contribution in [0.15, 0.2) is 10.5 Å². The number of halogens is 2. The van der Waals surface area contributed by atoms with Crippen LogP contribution < -0.4 is 10.6 Å². The van der Waals surface area contributed by atoms with E-state index < -0.39 is 11.7 Å². The Balaban J connectivity index is 1.63. The van der Waals surface area contributed by atoms with Crippen LogP contribution in [0.5, 0.6) is 0 Å². The molecule has 2 amide bonds. The first kappa shape index (κ1) is 16.3. The molecule has 26 heavy (non-hydrogen) atoms. The molecule has 3 aliphatic rings. The summed E-state index contributed by atoms with van der Waals surface area (Å²) >= 11 is 6.48. The lowest BCUT2D eigenvalue weighted by atomic mass is 9.74. The number of anilines is 1. The third-order valence-corrected chi connectivity index (χ3v) is 6.02. The molecule has 3 heterocycles. The molecule has 2 fully saturated rings. The summed E-state index contributed by atoms with van der Waals surface area (Å²) in [5, 5.41) is 6.44. The highest BCUT2D eigenvalue weighted by Gasteiger charge is 2.44. The minimum absolute atomic E-state index is 0.227. The lowest BCUT2D eigenvalue weighted by molar-refractivity contribution is 0.0524. The van der Waals surface area contributed by atoms with Crippen molar-refractivity contribution in [3.05, 3.63) is 22.5 Å². The normalized spacial score (nSPS) is 22.8. The summed E-state index contributed by atoms with van der Waals surface area (Å²) in [6.45, 7) is 1.31. The number of hydrogen-bond acceptors (Lipinski definition) is 4. The fraction of sp³-hybridized carbons (Fsp3) is 0.556. The highest BCUT2D eigenvalue weighted by atomic mass is 35.5. The van der Waals surface area contributed by atoms with Gasteiger partial charge in [0.25, 0.3) is 0 Å². The second-order valence-corrected chi connectivity index (χ2v) is 7.98. The lowest BCUT2D eigenvalue weighted by Crippen LogP contribution is -2.52. The molecule has 1 aliphatic carbocycles. The number of carbonyl (C=O) groups is 1. The summed E-state index contributed by atoms with van der Waals surface area (Å²) < 4.78 is 19.2. The predicted octanol–water partition coefficient (Wildman–Crippen LogP) is 3.93. The van der Waals surface area contributed by atoms with Crippen LogP contribution >= 0.6 is 11.6 Å². The molecule has 0 unspecified atom stereocenters. The first-order valence-corrected chi connectivity index (χ1v) is 9.50. The molecule has 0 atom stereocenters. The number of hydrogen-bond donors (Lipinski definition) is 2. The molecule has 2 aliphatic heterocycles. The molecule has 2 N–H and O–H groups in total. The number of oxazole rings is 1. The highest BCUT2D eigenvalue weighted by molar-refractivity contribution is 6.35. The summed E-state index contributed by atoms with van der Waals surface area (Å²) in [6.07, 6.45) is 4.20. The SMILES string of the molecule is O=C1Nc2c(Cl)cc3nc(CN4CC(F)C4)oc3c2C2(CCCCC2)N1. The second-order valence-electron chi connectivity index (χ2n) is 7.58. The first-order chi connectivity index (χ1) is 12.5. The van der Waals surface area contributed by atoms with E-state index in [9.17, 15) is 9.18 Å². The maximum absolute atomic E-state index is 13.1. The molecule has 0 bridgehead atoms. The number of likely N-dealkylation sites (tertiary alicyclic amines) is 1. The fourth-order valence-corrected chi connectivity index (χ4v) is 4.75. The van der Waals surface area contributed by atoms with Crippen molar-refractivity contribution in [2.45, 2.75) is 50.4 Å². The molecule has 1 spiro atoms. The first-order valence-electron chi connectivity index (χ1n) is 9.12. The van der Waals surface area contributed by atoms with E-state index in [1.54, 1.807) is 6.07 Å². The molecule has 1 saturated heterocycles. The molecule has 2 aromatic rings. The van der Waals surface area contributed by atoms with E-state index in [4.69, 9.17) is 16.0 Å². The Morgan fingerprint density at radius 2 is 2.12 bits per heavy atom. The number of nitrogens with one attached hydrogen (secondary N) is 2. The number of fused-ring (bicyclic) bond motifs is 4. The largest absolute Gasteiger partial charge is 0.439 e. The van der Waals surface area contributed by atoms with Gasteiger partial charge in [0.05, 0.1) is 22.8 Å². The number of amides is 2. The molecule has 8 heteroatoms. The van der Waals surface area contributed by atoms with Crippen molar-refractivity contribution in [1.82, 2.24) is 15.2 Å². The maximum atomic E-state index is 13.1. The highest BCUT2D eigenvalue weighted by Crippen LogP contribution is 2.48. The number of carbonyl (C=O) groups excluding carboxylic acids is 1. The minimum atomic E-state index is -0.758. The molecule has 1 aromatic heterocycles. The van der Waals surface area contributed by atoms with Gasteiger partial charge in [-0.3, -0.25) is 4.90 Å². The summed E-state index contributed by atoms with van der Waals surface area (Å²) in [6, 6.07) is 1.51. The zero-order valence-corrected chi connectivity index (χ0v) is 15.0. The summed E-state index contributed by atoms with van der Waals surface area (Å²) in [5.74, 6) is 0.555. The number of benzene rings is 1. The van der Waals surface area contributed by atoms with Crippen molar-refractivity contribution in [1.29, 1.82) is 0 Å². The van der Waals surface area contributed by atoms with Gasteiger partial charge in [0.2, 0.25) is 5.89 Å². The molecule has 1 aromatic carbocycles. The molecule has 1 saturated carbocycles. The van der Waals surface area contributed by atoms with Crippen LogP contribution in [0, 0.1) is 0 Å². The quantitative estimate of drug-likeness (QED) is 0.830. The van der Waals surface area contributed by atoms with Crippen molar-refractivity contribution in [3.8, 4) is 0 Å². The maximum Gasteiger partial charge on any atom is 0.319 e. The van der Waals surface area contributed by atoms with Crippen LogP contribution in [0.3, 0.4) is 0 Å². The van der Waals surface area contributed by atoms with Crippen LogP contribution in [0.2, 0.25) is 5.02 Å². The van der Waals surface area contributed by atoms with E-state index in [1.807, 2.05) is 4.90 Å². The standard InChI is InChI=1S/C18H20ClFN4O2/c19-11-6-12-16(26-13(21-12)9-24-7-10(20)8-24)14-15(11)22-17(25)23-18(14)4-2-1-3-5-18/h6,10H,1-5,7-9H2,(H2,22,23,25). The van der Waals surface area contributed by atoms with Gasteiger partial charge in [0.1, 0.15) is 11.7 Å². The van der Waals surface area contributed by atoms with Crippen LogP contribution in [-0.2, 0) is 12.1 Å². The van der Waals surface area contributed by atoms with Gasteiger partial charge in [-0.05, 0) is 18.9 Å². The summed E-state index contributed by atoms with van der Waals surface area (Å²) in [4.78, 5) is 18.8. The van der Waals surface area contributed by atoms with Gasteiger partial charge in [-0.1, -0.05) is 30.9 Å². The number of nitrogens with zero attached hydrogens (tertiary/aromatic N) is 2. The summed E-state index contributed by atoms with van der Waals surface area (Å²) in [5.41, 5.74) is 2.43. The smallest absolute Gasteiger partial charge is 0.319 e.